The highest BCUT2D eigenvalue weighted by atomic mass is 16.5. The van der Waals surface area contributed by atoms with Gasteiger partial charge in [-0.3, -0.25) is 4.79 Å². The molecular formula is C16H22N2O2. The average molecular weight is 274 g/mol. The van der Waals surface area contributed by atoms with Crippen molar-refractivity contribution in [3.8, 4) is 0 Å². The average Bonchev–Trinajstić information content (AvgIpc) is 2.95. The number of carbonyl (C=O) groups excluding carboxylic acids is 1. The van der Waals surface area contributed by atoms with E-state index in [1.165, 1.54) is 5.56 Å². The number of rotatable bonds is 2. The Morgan fingerprint density at radius 1 is 1.35 bits per heavy atom. The van der Waals surface area contributed by atoms with E-state index in [2.05, 4.69) is 6.07 Å². The molecule has 0 aromatic heterocycles. The molecular weight excluding hydrogens is 252 g/mol. The fraction of sp³-hybridized carbons (Fsp3) is 0.562. The first-order chi connectivity index (χ1) is 9.66. The molecule has 2 atom stereocenters. The summed E-state index contributed by atoms with van der Waals surface area (Å²) in [5.41, 5.74) is 9.70. The molecule has 2 N–H and O–H groups in total. The standard InChI is InChI=1S/C16H22N2O2/c1-18-13-8-7-12(16(17)14-5-3-9-20-14)10-11(13)4-2-6-15(18)19/h7-8,10,14,16H,2-6,9,17H2,1H3. The van der Waals surface area contributed by atoms with Crippen LogP contribution < -0.4 is 10.6 Å². The monoisotopic (exact) mass is 274 g/mol. The first kappa shape index (κ1) is 13.6. The van der Waals surface area contributed by atoms with Gasteiger partial charge in [0, 0.05) is 25.8 Å². The van der Waals surface area contributed by atoms with Gasteiger partial charge in [0.05, 0.1) is 12.1 Å². The molecule has 2 aliphatic rings. The Balaban J connectivity index is 1.88. The lowest BCUT2D eigenvalue weighted by Gasteiger charge is -2.22. The molecule has 1 fully saturated rings. The second-order valence-electron chi connectivity index (χ2n) is 5.77. The van der Waals surface area contributed by atoms with Crippen LogP contribution in [0.5, 0.6) is 0 Å². The van der Waals surface area contributed by atoms with Crippen LogP contribution in [0.1, 0.15) is 42.9 Å². The number of nitrogens with zero attached hydrogens (tertiary/aromatic N) is 1. The molecule has 0 bridgehead atoms. The normalized spacial score (nSPS) is 24.4. The summed E-state index contributed by atoms with van der Waals surface area (Å²) in [4.78, 5) is 13.7. The minimum atomic E-state index is -0.0629. The Hall–Kier alpha value is -1.39. The van der Waals surface area contributed by atoms with E-state index in [9.17, 15) is 4.79 Å². The number of aryl methyl sites for hydroxylation is 1. The summed E-state index contributed by atoms with van der Waals surface area (Å²) >= 11 is 0. The summed E-state index contributed by atoms with van der Waals surface area (Å²) in [5, 5.41) is 0. The van der Waals surface area contributed by atoms with Crippen LogP contribution in [0, 0.1) is 0 Å². The molecule has 4 nitrogen and oxygen atoms in total. The van der Waals surface area contributed by atoms with Crippen molar-refractivity contribution in [1.29, 1.82) is 0 Å². The Labute approximate surface area is 119 Å². The lowest BCUT2D eigenvalue weighted by Crippen LogP contribution is -2.27. The molecule has 3 rings (SSSR count). The van der Waals surface area contributed by atoms with Gasteiger partial charge in [-0.05, 0) is 42.9 Å². The van der Waals surface area contributed by atoms with Gasteiger partial charge < -0.3 is 15.4 Å². The second-order valence-corrected chi connectivity index (χ2v) is 5.77. The van der Waals surface area contributed by atoms with Crippen molar-refractivity contribution < 1.29 is 9.53 Å². The number of anilines is 1. The predicted octanol–water partition coefficient (Wildman–Crippen LogP) is 2.16. The van der Waals surface area contributed by atoms with Crippen LogP contribution in [-0.4, -0.2) is 25.7 Å². The minimum Gasteiger partial charge on any atom is -0.376 e. The van der Waals surface area contributed by atoms with E-state index in [-0.39, 0.29) is 18.1 Å². The summed E-state index contributed by atoms with van der Waals surface area (Å²) in [6, 6.07) is 6.17. The van der Waals surface area contributed by atoms with Crippen molar-refractivity contribution in [2.45, 2.75) is 44.2 Å². The molecule has 1 amide bonds. The van der Waals surface area contributed by atoms with Crippen molar-refractivity contribution in [3.63, 3.8) is 0 Å². The van der Waals surface area contributed by atoms with Gasteiger partial charge in [0.1, 0.15) is 0 Å². The first-order valence-electron chi connectivity index (χ1n) is 7.43. The van der Waals surface area contributed by atoms with Gasteiger partial charge in [0.2, 0.25) is 5.91 Å². The smallest absolute Gasteiger partial charge is 0.226 e. The van der Waals surface area contributed by atoms with Crippen LogP contribution in [0.3, 0.4) is 0 Å². The van der Waals surface area contributed by atoms with Crippen molar-refractivity contribution in [2.24, 2.45) is 5.73 Å². The fourth-order valence-electron chi connectivity index (χ4n) is 3.17. The van der Waals surface area contributed by atoms with Crippen molar-refractivity contribution in [3.05, 3.63) is 29.3 Å². The third-order valence-electron chi connectivity index (χ3n) is 4.43. The molecule has 0 saturated carbocycles. The largest absolute Gasteiger partial charge is 0.376 e. The molecule has 0 aliphatic carbocycles. The highest BCUT2D eigenvalue weighted by molar-refractivity contribution is 5.94. The number of carbonyl (C=O) groups is 1. The van der Waals surface area contributed by atoms with Crippen LogP contribution in [0.15, 0.2) is 18.2 Å². The number of amides is 1. The van der Waals surface area contributed by atoms with Crippen molar-refractivity contribution in [2.75, 3.05) is 18.6 Å². The Morgan fingerprint density at radius 2 is 2.20 bits per heavy atom. The zero-order valence-electron chi connectivity index (χ0n) is 12.0. The molecule has 2 heterocycles. The minimum absolute atomic E-state index is 0.0629. The summed E-state index contributed by atoms with van der Waals surface area (Å²) in [6.07, 6.45) is 4.75. The van der Waals surface area contributed by atoms with Crippen LogP contribution in [0.2, 0.25) is 0 Å². The molecule has 0 spiro atoms. The van der Waals surface area contributed by atoms with E-state index < -0.39 is 0 Å². The number of benzene rings is 1. The van der Waals surface area contributed by atoms with Crippen LogP contribution >= 0.6 is 0 Å². The predicted molar refractivity (Wildman–Crippen MR) is 78.7 cm³/mol. The van der Waals surface area contributed by atoms with Gasteiger partial charge in [0.25, 0.3) is 0 Å². The number of nitrogens with two attached hydrogens (primary N) is 1. The number of hydrogen-bond donors (Lipinski definition) is 1. The molecule has 1 aromatic carbocycles. The van der Waals surface area contributed by atoms with Crippen molar-refractivity contribution in [1.82, 2.24) is 0 Å². The van der Waals surface area contributed by atoms with Crippen molar-refractivity contribution >= 4 is 11.6 Å². The van der Waals surface area contributed by atoms with Gasteiger partial charge in [-0.15, -0.1) is 0 Å². The molecule has 2 unspecified atom stereocenters. The second kappa shape index (κ2) is 5.54. The molecule has 108 valence electrons. The fourth-order valence-corrected chi connectivity index (χ4v) is 3.17. The van der Waals surface area contributed by atoms with Crippen LogP contribution in [0.4, 0.5) is 5.69 Å². The first-order valence-corrected chi connectivity index (χ1v) is 7.43. The van der Waals surface area contributed by atoms with Gasteiger partial charge in [-0.25, -0.2) is 0 Å². The van der Waals surface area contributed by atoms with E-state index in [4.69, 9.17) is 10.5 Å². The van der Waals surface area contributed by atoms with Crippen LogP contribution in [-0.2, 0) is 16.0 Å². The molecule has 1 aromatic rings. The maximum Gasteiger partial charge on any atom is 0.226 e. The lowest BCUT2D eigenvalue weighted by molar-refractivity contribution is -0.118. The topological polar surface area (TPSA) is 55.6 Å². The van der Waals surface area contributed by atoms with Gasteiger partial charge >= 0.3 is 0 Å². The summed E-state index contributed by atoms with van der Waals surface area (Å²) in [7, 11) is 1.85. The molecule has 0 radical (unpaired) electrons. The van der Waals surface area contributed by atoms with E-state index in [0.29, 0.717) is 6.42 Å². The third kappa shape index (κ3) is 2.45. The molecule has 20 heavy (non-hydrogen) atoms. The summed E-state index contributed by atoms with van der Waals surface area (Å²) in [6.45, 7) is 0.820. The van der Waals surface area contributed by atoms with E-state index in [1.807, 2.05) is 19.2 Å². The zero-order valence-corrected chi connectivity index (χ0v) is 12.0. The van der Waals surface area contributed by atoms with Crippen LogP contribution in [0.25, 0.3) is 0 Å². The highest BCUT2D eigenvalue weighted by Crippen LogP contribution is 2.31. The summed E-state index contributed by atoms with van der Waals surface area (Å²) < 4.78 is 5.69. The maximum atomic E-state index is 11.9. The number of fused-ring (bicyclic) bond motifs is 1. The van der Waals surface area contributed by atoms with Gasteiger partial charge in [-0.1, -0.05) is 12.1 Å². The Kier molecular flexibility index (Phi) is 3.76. The zero-order chi connectivity index (χ0) is 14.1. The molecule has 2 aliphatic heterocycles. The number of ether oxygens (including phenoxy) is 1. The van der Waals surface area contributed by atoms with E-state index in [1.54, 1.807) is 4.90 Å². The quantitative estimate of drug-likeness (QED) is 0.899. The van der Waals surface area contributed by atoms with Gasteiger partial charge in [0.15, 0.2) is 0 Å². The van der Waals surface area contributed by atoms with Gasteiger partial charge in [-0.2, -0.15) is 0 Å². The maximum absolute atomic E-state index is 11.9. The molecule has 4 heteroatoms. The lowest BCUT2D eigenvalue weighted by atomic mass is 9.96. The Bertz CT molecular complexity index is 509. The third-order valence-corrected chi connectivity index (χ3v) is 4.43. The van der Waals surface area contributed by atoms with E-state index in [0.717, 1.165) is 43.5 Å². The number of hydrogen-bond acceptors (Lipinski definition) is 3. The van der Waals surface area contributed by atoms with E-state index >= 15 is 0 Å². The highest BCUT2D eigenvalue weighted by Gasteiger charge is 2.26. The SMILES string of the molecule is CN1C(=O)CCCc2cc(C(N)C3CCCO3)ccc21. The Morgan fingerprint density at radius 3 is 2.95 bits per heavy atom. The summed E-state index contributed by atoms with van der Waals surface area (Å²) in [5.74, 6) is 0.194. The molecule has 1 saturated heterocycles.